The van der Waals surface area contributed by atoms with Crippen LogP contribution in [0.5, 0.6) is 5.75 Å². The van der Waals surface area contributed by atoms with Crippen LogP contribution in [0.15, 0.2) is 24.3 Å². The molecule has 6 nitrogen and oxygen atoms in total. The number of rotatable bonds is 8. The van der Waals surface area contributed by atoms with E-state index < -0.39 is 0 Å². The summed E-state index contributed by atoms with van der Waals surface area (Å²) < 4.78 is 5.77. The monoisotopic (exact) mass is 375 g/mol. The average molecular weight is 376 g/mol. The van der Waals surface area contributed by atoms with Gasteiger partial charge in [-0.3, -0.25) is 9.59 Å². The summed E-state index contributed by atoms with van der Waals surface area (Å²) >= 11 is 0. The number of hydrogen-bond donors (Lipinski definition) is 2. The summed E-state index contributed by atoms with van der Waals surface area (Å²) in [4.78, 5) is 26.9. The molecule has 2 N–H and O–H groups in total. The van der Waals surface area contributed by atoms with Crippen LogP contribution in [0.25, 0.3) is 0 Å². The second-order valence-corrected chi connectivity index (χ2v) is 7.79. The highest BCUT2D eigenvalue weighted by atomic mass is 16.5. The number of para-hydroxylation sites is 2. The maximum atomic E-state index is 12.7. The van der Waals surface area contributed by atoms with Crippen LogP contribution in [0, 0.1) is 11.8 Å². The number of carbonyl (C=O) groups is 2. The number of anilines is 1. The van der Waals surface area contributed by atoms with Crippen molar-refractivity contribution in [3.8, 4) is 5.75 Å². The predicted molar refractivity (Wildman–Crippen MR) is 108 cm³/mol. The van der Waals surface area contributed by atoms with Crippen molar-refractivity contribution in [3.63, 3.8) is 0 Å². The molecule has 2 amide bonds. The minimum atomic E-state index is -0.0528. The van der Waals surface area contributed by atoms with Crippen LogP contribution in [0.3, 0.4) is 0 Å². The molecule has 1 aliphatic rings. The van der Waals surface area contributed by atoms with Crippen molar-refractivity contribution in [1.82, 2.24) is 10.2 Å². The molecule has 0 radical (unpaired) electrons. The van der Waals surface area contributed by atoms with Gasteiger partial charge in [0.15, 0.2) is 0 Å². The van der Waals surface area contributed by atoms with Crippen LogP contribution in [0.2, 0.25) is 0 Å². The molecule has 0 spiro atoms. The Kier molecular flexibility index (Phi) is 8.10. The lowest BCUT2D eigenvalue weighted by Crippen LogP contribution is -2.38. The minimum Gasteiger partial charge on any atom is -0.489 e. The smallest absolute Gasteiger partial charge is 0.227 e. The lowest BCUT2D eigenvalue weighted by atomic mass is 9.81. The fraction of sp³-hybridized carbons (Fsp3) is 0.619. The van der Waals surface area contributed by atoms with E-state index in [-0.39, 0.29) is 29.8 Å². The van der Waals surface area contributed by atoms with E-state index in [1.807, 2.05) is 57.1 Å². The second kappa shape index (κ2) is 10.3. The fourth-order valence-electron chi connectivity index (χ4n) is 3.33. The molecule has 1 aromatic rings. The van der Waals surface area contributed by atoms with Crippen LogP contribution in [0.1, 0.15) is 39.5 Å². The SMILES string of the molecule is CC(C)Oc1ccccc1NC(=O)C1CCC(C(=O)NCCN(C)C)CC1. The summed E-state index contributed by atoms with van der Waals surface area (Å²) in [5.41, 5.74) is 0.708. The molecule has 0 bridgehead atoms. The molecule has 2 rings (SSSR count). The number of ether oxygens (including phenoxy) is 1. The van der Waals surface area contributed by atoms with E-state index in [9.17, 15) is 9.59 Å². The standard InChI is InChI=1S/C21H33N3O3/c1-15(2)27-19-8-6-5-7-18(19)23-21(26)17-11-9-16(10-12-17)20(25)22-13-14-24(3)4/h5-8,15-17H,9-14H2,1-4H3,(H,22,25)(H,23,26). The first-order chi connectivity index (χ1) is 12.9. The summed E-state index contributed by atoms with van der Waals surface area (Å²) in [5, 5.41) is 6.00. The molecule has 27 heavy (non-hydrogen) atoms. The molecule has 1 aliphatic carbocycles. The van der Waals surface area contributed by atoms with E-state index in [4.69, 9.17) is 4.74 Å². The fourth-order valence-corrected chi connectivity index (χ4v) is 3.33. The van der Waals surface area contributed by atoms with Gasteiger partial charge in [-0.1, -0.05) is 12.1 Å². The second-order valence-electron chi connectivity index (χ2n) is 7.79. The Morgan fingerprint density at radius 2 is 1.67 bits per heavy atom. The van der Waals surface area contributed by atoms with Gasteiger partial charge in [-0.05, 0) is 65.8 Å². The molecule has 0 heterocycles. The molecule has 6 heteroatoms. The summed E-state index contributed by atoms with van der Waals surface area (Å²) in [6, 6.07) is 7.51. The zero-order chi connectivity index (χ0) is 19.8. The zero-order valence-electron chi connectivity index (χ0n) is 17.0. The highest BCUT2D eigenvalue weighted by Gasteiger charge is 2.30. The number of carbonyl (C=O) groups excluding carboxylic acids is 2. The van der Waals surface area contributed by atoms with Crippen molar-refractivity contribution in [1.29, 1.82) is 0 Å². The molecular formula is C21H33N3O3. The van der Waals surface area contributed by atoms with Crippen LogP contribution in [-0.4, -0.2) is 50.0 Å². The maximum absolute atomic E-state index is 12.7. The molecule has 1 saturated carbocycles. The first-order valence-electron chi connectivity index (χ1n) is 9.85. The molecule has 0 saturated heterocycles. The van der Waals surface area contributed by atoms with E-state index in [0.29, 0.717) is 18.0 Å². The van der Waals surface area contributed by atoms with E-state index in [1.54, 1.807) is 0 Å². The van der Waals surface area contributed by atoms with Crippen molar-refractivity contribution in [2.24, 2.45) is 11.8 Å². The molecule has 0 unspecified atom stereocenters. The highest BCUT2D eigenvalue weighted by molar-refractivity contribution is 5.94. The number of likely N-dealkylation sites (N-methyl/N-ethyl adjacent to an activating group) is 1. The third-order valence-corrected chi connectivity index (χ3v) is 4.83. The van der Waals surface area contributed by atoms with Gasteiger partial charge in [-0.25, -0.2) is 0 Å². The number of hydrogen-bond acceptors (Lipinski definition) is 4. The van der Waals surface area contributed by atoms with E-state index in [2.05, 4.69) is 10.6 Å². The Balaban J connectivity index is 1.82. The number of nitrogens with one attached hydrogen (secondary N) is 2. The van der Waals surface area contributed by atoms with Gasteiger partial charge < -0.3 is 20.3 Å². The predicted octanol–water partition coefficient (Wildman–Crippen LogP) is 2.90. The topological polar surface area (TPSA) is 70.7 Å². The molecular weight excluding hydrogens is 342 g/mol. The number of benzene rings is 1. The third-order valence-electron chi connectivity index (χ3n) is 4.83. The van der Waals surface area contributed by atoms with Gasteiger partial charge in [-0.2, -0.15) is 0 Å². The maximum Gasteiger partial charge on any atom is 0.227 e. The van der Waals surface area contributed by atoms with E-state index in [0.717, 1.165) is 32.2 Å². The van der Waals surface area contributed by atoms with Crippen LogP contribution < -0.4 is 15.4 Å². The first kappa shape index (κ1) is 21.2. The van der Waals surface area contributed by atoms with Crippen molar-refractivity contribution in [2.45, 2.75) is 45.6 Å². The Hall–Kier alpha value is -2.08. The Morgan fingerprint density at radius 1 is 1.07 bits per heavy atom. The van der Waals surface area contributed by atoms with Gasteiger partial charge in [0.25, 0.3) is 0 Å². The summed E-state index contributed by atoms with van der Waals surface area (Å²) in [7, 11) is 3.97. The van der Waals surface area contributed by atoms with Gasteiger partial charge in [0.1, 0.15) is 5.75 Å². The van der Waals surface area contributed by atoms with Crippen molar-refractivity contribution < 1.29 is 14.3 Å². The third kappa shape index (κ3) is 6.86. The normalized spacial score (nSPS) is 19.8. The zero-order valence-corrected chi connectivity index (χ0v) is 17.0. The van der Waals surface area contributed by atoms with E-state index in [1.165, 1.54) is 0 Å². The Bertz CT molecular complexity index is 623. The summed E-state index contributed by atoms with van der Waals surface area (Å²) in [6.45, 7) is 5.42. The molecule has 1 aromatic carbocycles. The van der Waals surface area contributed by atoms with Gasteiger partial charge >= 0.3 is 0 Å². The molecule has 0 aliphatic heterocycles. The van der Waals surface area contributed by atoms with Crippen LogP contribution in [-0.2, 0) is 9.59 Å². The van der Waals surface area contributed by atoms with Crippen molar-refractivity contribution >= 4 is 17.5 Å². The number of nitrogens with zero attached hydrogens (tertiary/aromatic N) is 1. The molecule has 1 fully saturated rings. The lowest BCUT2D eigenvalue weighted by Gasteiger charge is -2.27. The van der Waals surface area contributed by atoms with Crippen LogP contribution >= 0.6 is 0 Å². The lowest BCUT2D eigenvalue weighted by molar-refractivity contribution is -0.128. The highest BCUT2D eigenvalue weighted by Crippen LogP contribution is 2.31. The van der Waals surface area contributed by atoms with Crippen LogP contribution in [0.4, 0.5) is 5.69 Å². The Morgan fingerprint density at radius 3 is 2.26 bits per heavy atom. The van der Waals surface area contributed by atoms with Gasteiger partial charge in [0.2, 0.25) is 11.8 Å². The Labute approximate surface area is 162 Å². The molecule has 150 valence electrons. The van der Waals surface area contributed by atoms with Crippen molar-refractivity contribution in [3.05, 3.63) is 24.3 Å². The van der Waals surface area contributed by atoms with Gasteiger partial charge in [0, 0.05) is 24.9 Å². The first-order valence-corrected chi connectivity index (χ1v) is 9.85. The molecule has 0 atom stereocenters. The largest absolute Gasteiger partial charge is 0.489 e. The summed E-state index contributed by atoms with van der Waals surface area (Å²) in [6.07, 6.45) is 3.05. The van der Waals surface area contributed by atoms with E-state index >= 15 is 0 Å². The number of amides is 2. The summed E-state index contributed by atoms with van der Waals surface area (Å²) in [5.74, 6) is 0.790. The molecule has 0 aromatic heterocycles. The van der Waals surface area contributed by atoms with Gasteiger partial charge in [0.05, 0.1) is 11.8 Å². The minimum absolute atomic E-state index is 0.0151. The van der Waals surface area contributed by atoms with Crippen molar-refractivity contribution in [2.75, 3.05) is 32.5 Å². The van der Waals surface area contributed by atoms with Gasteiger partial charge in [-0.15, -0.1) is 0 Å². The average Bonchev–Trinajstić information content (AvgIpc) is 2.62. The quantitative estimate of drug-likeness (QED) is 0.733.